The van der Waals surface area contributed by atoms with Gasteiger partial charge in [0, 0.05) is 13.1 Å². The number of pyridine rings is 1. The first kappa shape index (κ1) is 13.0. The third-order valence-corrected chi connectivity index (χ3v) is 4.27. The first-order chi connectivity index (χ1) is 9.30. The van der Waals surface area contributed by atoms with E-state index in [0.29, 0.717) is 12.2 Å². The fraction of sp³-hybridized carbons (Fsp3) is 0.538. The number of hydrogen-bond acceptors (Lipinski definition) is 5. The van der Waals surface area contributed by atoms with Gasteiger partial charge in [-0.3, -0.25) is 14.6 Å². The van der Waals surface area contributed by atoms with Crippen molar-refractivity contribution < 1.29 is 14.6 Å². The van der Waals surface area contributed by atoms with Crippen LogP contribution in [-0.2, 0) is 0 Å². The number of carbonyl (C=O) groups is 1. The maximum absolute atomic E-state index is 12.6. The predicted molar refractivity (Wildman–Crippen MR) is 71.5 cm³/mol. The second kappa shape index (κ2) is 3.76. The van der Waals surface area contributed by atoms with Crippen LogP contribution in [0.3, 0.4) is 0 Å². The maximum atomic E-state index is 12.6. The van der Waals surface area contributed by atoms with Gasteiger partial charge in [-0.2, -0.15) is 0 Å². The minimum Gasteiger partial charge on any atom is -0.491 e. The third-order valence-electron chi connectivity index (χ3n) is 4.27. The molecule has 0 spiro atoms. The summed E-state index contributed by atoms with van der Waals surface area (Å²) in [7, 11) is 3.04. The van der Waals surface area contributed by atoms with Crippen LogP contribution in [0.5, 0.6) is 5.75 Å². The van der Waals surface area contributed by atoms with Crippen molar-refractivity contribution in [1.82, 2.24) is 9.58 Å². The van der Waals surface area contributed by atoms with Crippen LogP contribution in [-0.4, -0.2) is 47.0 Å². The smallest absolute Gasteiger partial charge is 0.278 e. The first-order valence-electron chi connectivity index (χ1n) is 6.38. The predicted octanol–water partition coefficient (Wildman–Crippen LogP) is -0.336. The zero-order valence-corrected chi connectivity index (χ0v) is 11.9. The Kier molecular flexibility index (Phi) is 2.44. The molecular weight excluding hydrogens is 262 g/mol. The Bertz CT molecular complexity index is 664. The molecule has 0 aromatic carbocycles. The lowest BCUT2D eigenvalue weighted by Crippen LogP contribution is -2.65. The van der Waals surface area contributed by atoms with E-state index in [2.05, 4.69) is 0 Å². The summed E-state index contributed by atoms with van der Waals surface area (Å²) in [5.41, 5.74) is -0.388. The molecule has 1 aromatic rings. The summed E-state index contributed by atoms with van der Waals surface area (Å²) in [6.07, 6.45) is -0.800. The summed E-state index contributed by atoms with van der Waals surface area (Å²) in [4.78, 5) is 26.2. The standard InChI is InChI=1S/C13H17N3O4/c1-13(2)14(3)12(19)10-11(20-4)8(17)5-7-9(18)6-15(13)16(7)10/h5,9,18H,6H2,1-4H3. The van der Waals surface area contributed by atoms with Crippen molar-refractivity contribution in [3.8, 4) is 5.75 Å². The van der Waals surface area contributed by atoms with Gasteiger partial charge in [-0.15, -0.1) is 0 Å². The van der Waals surface area contributed by atoms with Gasteiger partial charge in [0.2, 0.25) is 5.43 Å². The monoisotopic (exact) mass is 279 g/mol. The molecule has 2 aliphatic rings. The number of nitrogens with zero attached hydrogens (tertiary/aromatic N) is 3. The number of aromatic nitrogens is 1. The first-order valence-corrected chi connectivity index (χ1v) is 6.38. The Labute approximate surface area is 115 Å². The summed E-state index contributed by atoms with van der Waals surface area (Å²) in [6, 6.07) is 1.34. The molecule has 3 rings (SSSR count). The van der Waals surface area contributed by atoms with Gasteiger partial charge in [-0.05, 0) is 13.8 Å². The molecule has 0 saturated carbocycles. The summed E-state index contributed by atoms with van der Waals surface area (Å²) in [5, 5.41) is 12.0. The van der Waals surface area contributed by atoms with E-state index in [0.717, 1.165) is 0 Å². The highest BCUT2D eigenvalue weighted by molar-refractivity contribution is 5.97. The number of aliphatic hydroxyl groups is 1. The van der Waals surface area contributed by atoms with E-state index in [9.17, 15) is 14.7 Å². The largest absolute Gasteiger partial charge is 0.491 e. The fourth-order valence-electron chi connectivity index (χ4n) is 2.87. The van der Waals surface area contributed by atoms with Crippen LogP contribution in [0.2, 0.25) is 0 Å². The van der Waals surface area contributed by atoms with E-state index in [-0.39, 0.29) is 17.4 Å². The van der Waals surface area contributed by atoms with Gasteiger partial charge < -0.3 is 14.7 Å². The quantitative estimate of drug-likeness (QED) is 0.761. The second-order valence-electron chi connectivity index (χ2n) is 5.58. The van der Waals surface area contributed by atoms with E-state index in [4.69, 9.17) is 4.74 Å². The highest BCUT2D eigenvalue weighted by Crippen LogP contribution is 2.36. The molecular formula is C13H17N3O4. The van der Waals surface area contributed by atoms with Crippen LogP contribution < -0.4 is 15.2 Å². The molecule has 7 heteroatoms. The van der Waals surface area contributed by atoms with Gasteiger partial charge >= 0.3 is 0 Å². The average Bonchev–Trinajstić information content (AvgIpc) is 2.72. The lowest BCUT2D eigenvalue weighted by molar-refractivity contribution is 0.0475. The van der Waals surface area contributed by atoms with Crippen molar-refractivity contribution in [3.63, 3.8) is 0 Å². The minimum atomic E-state index is -0.800. The molecule has 3 heterocycles. The lowest BCUT2D eigenvalue weighted by Gasteiger charge is -2.49. The molecule has 108 valence electrons. The summed E-state index contributed by atoms with van der Waals surface area (Å²) < 4.78 is 6.73. The molecule has 0 aliphatic carbocycles. The third kappa shape index (κ3) is 1.33. The van der Waals surface area contributed by atoms with Crippen LogP contribution in [0.25, 0.3) is 0 Å². The Morgan fingerprint density at radius 3 is 2.65 bits per heavy atom. The number of aliphatic hydroxyl groups excluding tert-OH is 1. The number of ether oxygens (including phenoxy) is 1. The van der Waals surface area contributed by atoms with Crippen LogP contribution in [0.4, 0.5) is 0 Å². The number of methoxy groups -OCH3 is 1. The molecule has 0 fully saturated rings. The van der Waals surface area contributed by atoms with Crippen LogP contribution in [0, 0.1) is 0 Å². The number of hydrogen-bond donors (Lipinski definition) is 1. The summed E-state index contributed by atoms with van der Waals surface area (Å²) >= 11 is 0. The second-order valence-corrected chi connectivity index (χ2v) is 5.58. The van der Waals surface area contributed by atoms with E-state index in [1.165, 1.54) is 13.2 Å². The van der Waals surface area contributed by atoms with Crippen molar-refractivity contribution in [1.29, 1.82) is 0 Å². The van der Waals surface area contributed by atoms with Gasteiger partial charge in [0.25, 0.3) is 5.91 Å². The zero-order chi connectivity index (χ0) is 14.8. The van der Waals surface area contributed by atoms with Gasteiger partial charge in [-0.1, -0.05) is 0 Å². The van der Waals surface area contributed by atoms with Crippen LogP contribution >= 0.6 is 0 Å². The minimum absolute atomic E-state index is 0.0141. The van der Waals surface area contributed by atoms with E-state index in [1.54, 1.807) is 16.6 Å². The molecule has 1 N–H and O–H groups in total. The van der Waals surface area contributed by atoms with Crippen molar-refractivity contribution in [2.75, 3.05) is 25.7 Å². The van der Waals surface area contributed by atoms with Crippen LogP contribution in [0.15, 0.2) is 10.9 Å². The Balaban J connectivity index is 2.41. The number of rotatable bonds is 1. The fourth-order valence-corrected chi connectivity index (χ4v) is 2.87. The molecule has 7 nitrogen and oxygen atoms in total. The molecule has 1 aromatic heterocycles. The number of amides is 1. The summed E-state index contributed by atoms with van der Waals surface area (Å²) in [6.45, 7) is 4.10. The molecule has 0 bridgehead atoms. The number of carbonyl (C=O) groups excluding carboxylic acids is 1. The Morgan fingerprint density at radius 2 is 2.05 bits per heavy atom. The van der Waals surface area contributed by atoms with Crippen molar-refractivity contribution in [2.45, 2.75) is 25.6 Å². The highest BCUT2D eigenvalue weighted by atomic mass is 16.5. The zero-order valence-electron chi connectivity index (χ0n) is 11.9. The lowest BCUT2D eigenvalue weighted by atomic mass is 10.1. The molecule has 1 atom stereocenters. The molecule has 2 aliphatic heterocycles. The van der Waals surface area contributed by atoms with Crippen molar-refractivity contribution in [3.05, 3.63) is 27.7 Å². The van der Waals surface area contributed by atoms with Gasteiger partial charge in [0.15, 0.2) is 11.4 Å². The van der Waals surface area contributed by atoms with Crippen molar-refractivity contribution in [2.24, 2.45) is 0 Å². The molecule has 0 radical (unpaired) electrons. The Hall–Kier alpha value is -2.02. The van der Waals surface area contributed by atoms with E-state index >= 15 is 0 Å². The Morgan fingerprint density at radius 1 is 1.40 bits per heavy atom. The normalized spacial score (nSPS) is 23.1. The van der Waals surface area contributed by atoms with Crippen LogP contribution in [0.1, 0.15) is 36.1 Å². The molecule has 0 saturated heterocycles. The highest BCUT2D eigenvalue weighted by Gasteiger charge is 2.48. The molecule has 20 heavy (non-hydrogen) atoms. The topological polar surface area (TPSA) is 75.0 Å². The van der Waals surface area contributed by atoms with Crippen molar-refractivity contribution >= 4 is 5.91 Å². The van der Waals surface area contributed by atoms with Gasteiger partial charge in [0.1, 0.15) is 11.8 Å². The maximum Gasteiger partial charge on any atom is 0.278 e. The van der Waals surface area contributed by atoms with Gasteiger partial charge in [0.05, 0.1) is 19.3 Å². The molecule has 1 unspecified atom stereocenters. The molecule has 1 amide bonds. The van der Waals surface area contributed by atoms with E-state index < -0.39 is 17.2 Å². The van der Waals surface area contributed by atoms with E-state index in [1.807, 2.05) is 18.9 Å². The van der Waals surface area contributed by atoms with Gasteiger partial charge in [-0.25, -0.2) is 4.68 Å². The summed E-state index contributed by atoms with van der Waals surface area (Å²) in [5.74, 6) is -0.281. The average molecular weight is 279 g/mol. The SMILES string of the molecule is COc1c2n3c(cc1=O)C(O)CN3C(C)(C)N(C)C2=O.